The lowest BCUT2D eigenvalue weighted by Gasteiger charge is -2.42. The molecular weight excluding hydrogens is 400 g/mol. The molecule has 2 N–H and O–H groups in total. The summed E-state index contributed by atoms with van der Waals surface area (Å²) in [6.07, 6.45) is -4.15. The monoisotopic (exact) mass is 422 g/mol. The molecule has 1 fully saturated rings. The van der Waals surface area contributed by atoms with Gasteiger partial charge >= 0.3 is 0 Å². The Morgan fingerprint density at radius 2 is 1.31 bits per heavy atom. The predicted molar refractivity (Wildman–Crippen MR) is 101 cm³/mol. The van der Waals surface area contributed by atoms with Crippen molar-refractivity contribution in [1.82, 2.24) is 0 Å². The van der Waals surface area contributed by atoms with E-state index in [0.29, 0.717) is 18.5 Å². The van der Waals surface area contributed by atoms with E-state index in [0.717, 1.165) is 11.1 Å². The summed E-state index contributed by atoms with van der Waals surface area (Å²) in [4.78, 5) is 0. The highest BCUT2D eigenvalue weighted by Gasteiger charge is 2.45. The third-order valence-electron chi connectivity index (χ3n) is 4.36. The summed E-state index contributed by atoms with van der Waals surface area (Å²) in [7, 11) is 0. The molecule has 0 amide bonds. The van der Waals surface area contributed by atoms with Gasteiger partial charge < -0.3 is 24.4 Å². The van der Waals surface area contributed by atoms with E-state index in [1.165, 1.54) is 0 Å². The molecule has 1 saturated heterocycles. The Hall–Kier alpha value is -1.28. The number of aliphatic hydroxyl groups is 2. The van der Waals surface area contributed by atoms with Crippen molar-refractivity contribution in [3.63, 3.8) is 0 Å². The lowest BCUT2D eigenvalue weighted by atomic mass is 9.99. The van der Waals surface area contributed by atoms with Crippen molar-refractivity contribution in [2.24, 2.45) is 0 Å². The third kappa shape index (κ3) is 4.91. The summed E-state index contributed by atoms with van der Waals surface area (Å²) >= 11 is 3.31. The Bertz CT molecular complexity index is 654. The van der Waals surface area contributed by atoms with Crippen molar-refractivity contribution in [1.29, 1.82) is 0 Å². The van der Waals surface area contributed by atoms with Gasteiger partial charge in [-0.1, -0.05) is 76.6 Å². The molecule has 5 atom stereocenters. The normalized spacial score (nSPS) is 28.8. The van der Waals surface area contributed by atoms with Crippen LogP contribution in [0.1, 0.15) is 11.1 Å². The van der Waals surface area contributed by atoms with Crippen LogP contribution in [-0.2, 0) is 27.4 Å². The van der Waals surface area contributed by atoms with Crippen LogP contribution in [-0.4, -0.2) is 46.2 Å². The number of hydrogen-bond acceptors (Lipinski definition) is 5. The fourth-order valence-electron chi connectivity index (χ4n) is 2.94. The number of ether oxygens (including phenoxy) is 3. The molecule has 2 aromatic carbocycles. The van der Waals surface area contributed by atoms with Crippen LogP contribution >= 0.6 is 15.9 Å². The molecule has 26 heavy (non-hydrogen) atoms. The lowest BCUT2D eigenvalue weighted by Crippen LogP contribution is -2.59. The number of alkyl halides is 1. The van der Waals surface area contributed by atoms with Crippen molar-refractivity contribution < 1.29 is 24.4 Å². The highest BCUT2D eigenvalue weighted by atomic mass is 79.9. The van der Waals surface area contributed by atoms with Gasteiger partial charge in [0.1, 0.15) is 18.3 Å². The second-order valence-electron chi connectivity index (χ2n) is 6.23. The second kappa shape index (κ2) is 9.60. The molecule has 3 rings (SSSR count). The van der Waals surface area contributed by atoms with Crippen molar-refractivity contribution in [3.8, 4) is 0 Å². The van der Waals surface area contributed by atoms with Gasteiger partial charge in [-0.25, -0.2) is 0 Å². The van der Waals surface area contributed by atoms with Crippen LogP contribution < -0.4 is 0 Å². The van der Waals surface area contributed by atoms with E-state index in [9.17, 15) is 10.2 Å². The van der Waals surface area contributed by atoms with Gasteiger partial charge in [-0.2, -0.15) is 0 Å². The average Bonchev–Trinajstić information content (AvgIpc) is 2.69. The first-order valence-corrected chi connectivity index (χ1v) is 9.70. The molecular formula is C20H23BrO5. The maximum atomic E-state index is 10.6. The van der Waals surface area contributed by atoms with Crippen molar-refractivity contribution in [2.75, 3.05) is 5.33 Å². The number of benzene rings is 2. The summed E-state index contributed by atoms with van der Waals surface area (Å²) in [5.74, 6) is 0. The molecule has 2 aromatic rings. The first-order chi connectivity index (χ1) is 12.7. The SMILES string of the molecule is O[C@H]1[C@H](OCc2ccccc2)[C@@H](OCc2ccccc2)[C@@H](O)O[C@@H]1CBr. The Balaban J connectivity index is 1.69. The van der Waals surface area contributed by atoms with E-state index in [4.69, 9.17) is 14.2 Å². The fraction of sp³-hybridized carbons (Fsp3) is 0.400. The minimum atomic E-state index is -1.18. The summed E-state index contributed by atoms with van der Waals surface area (Å²) < 4.78 is 17.3. The van der Waals surface area contributed by atoms with Crippen LogP contribution in [0.4, 0.5) is 0 Å². The van der Waals surface area contributed by atoms with E-state index in [1.807, 2.05) is 60.7 Å². The van der Waals surface area contributed by atoms with Gasteiger partial charge in [-0.15, -0.1) is 0 Å². The Kier molecular flexibility index (Phi) is 7.19. The molecule has 1 heterocycles. The third-order valence-corrected chi connectivity index (χ3v) is 5.00. The summed E-state index contributed by atoms with van der Waals surface area (Å²) in [6, 6.07) is 19.3. The standard InChI is InChI=1S/C20H23BrO5/c21-11-16-17(22)18(24-12-14-7-3-1-4-8-14)19(20(23)26-16)25-13-15-9-5-2-6-10-15/h1-10,16-20,22-23H,11-13H2/t16-,17-,18+,19-,20+/m1/s1. The molecule has 1 aliphatic heterocycles. The van der Waals surface area contributed by atoms with E-state index < -0.39 is 30.7 Å². The molecule has 0 unspecified atom stereocenters. The Morgan fingerprint density at radius 1 is 0.808 bits per heavy atom. The molecule has 0 aliphatic carbocycles. The number of hydrogen-bond donors (Lipinski definition) is 2. The fourth-order valence-corrected chi connectivity index (χ4v) is 3.47. The first-order valence-electron chi connectivity index (χ1n) is 8.57. The van der Waals surface area contributed by atoms with Crippen LogP contribution in [0.3, 0.4) is 0 Å². The molecule has 0 saturated carbocycles. The van der Waals surface area contributed by atoms with Crippen LogP contribution in [0.25, 0.3) is 0 Å². The van der Waals surface area contributed by atoms with E-state index in [2.05, 4.69) is 15.9 Å². The highest BCUT2D eigenvalue weighted by molar-refractivity contribution is 9.09. The number of aliphatic hydroxyl groups excluding tert-OH is 2. The van der Waals surface area contributed by atoms with Crippen molar-refractivity contribution >= 4 is 15.9 Å². The molecule has 0 spiro atoms. The highest BCUT2D eigenvalue weighted by Crippen LogP contribution is 2.27. The molecule has 0 radical (unpaired) electrons. The zero-order valence-corrected chi connectivity index (χ0v) is 15.9. The van der Waals surface area contributed by atoms with Gasteiger partial charge in [-0.3, -0.25) is 0 Å². The van der Waals surface area contributed by atoms with Gasteiger partial charge in [-0.05, 0) is 11.1 Å². The minimum absolute atomic E-state index is 0.294. The number of rotatable bonds is 7. The zero-order chi connectivity index (χ0) is 18.4. The van der Waals surface area contributed by atoms with Crippen LogP contribution in [0, 0.1) is 0 Å². The van der Waals surface area contributed by atoms with Crippen LogP contribution in [0.15, 0.2) is 60.7 Å². The zero-order valence-electron chi connectivity index (χ0n) is 14.3. The Labute approximate surface area is 161 Å². The summed E-state index contributed by atoms with van der Waals surface area (Å²) in [6.45, 7) is 0.609. The molecule has 5 nitrogen and oxygen atoms in total. The quantitative estimate of drug-likeness (QED) is 0.671. The summed E-state index contributed by atoms with van der Waals surface area (Å²) in [5, 5.41) is 21.4. The maximum Gasteiger partial charge on any atom is 0.184 e. The molecule has 1 aliphatic rings. The molecule has 0 aromatic heterocycles. The van der Waals surface area contributed by atoms with E-state index in [1.54, 1.807) is 0 Å². The van der Waals surface area contributed by atoms with E-state index in [-0.39, 0.29) is 0 Å². The minimum Gasteiger partial charge on any atom is -0.388 e. The smallest absolute Gasteiger partial charge is 0.184 e. The van der Waals surface area contributed by atoms with Gasteiger partial charge in [0.05, 0.1) is 19.3 Å². The van der Waals surface area contributed by atoms with Crippen molar-refractivity contribution in [2.45, 2.75) is 43.9 Å². The largest absolute Gasteiger partial charge is 0.388 e. The molecule has 140 valence electrons. The lowest BCUT2D eigenvalue weighted by molar-refractivity contribution is -0.298. The van der Waals surface area contributed by atoms with Crippen molar-refractivity contribution in [3.05, 3.63) is 71.8 Å². The topological polar surface area (TPSA) is 68.2 Å². The first kappa shape index (κ1) is 19.5. The van der Waals surface area contributed by atoms with Gasteiger partial charge in [0.25, 0.3) is 0 Å². The molecule has 0 bridgehead atoms. The summed E-state index contributed by atoms with van der Waals surface area (Å²) in [5.41, 5.74) is 1.96. The Morgan fingerprint density at radius 3 is 1.81 bits per heavy atom. The second-order valence-corrected chi connectivity index (χ2v) is 6.88. The molecule has 6 heteroatoms. The van der Waals surface area contributed by atoms with E-state index >= 15 is 0 Å². The maximum absolute atomic E-state index is 10.6. The number of halogens is 1. The van der Waals surface area contributed by atoms with Gasteiger partial charge in [0.2, 0.25) is 0 Å². The predicted octanol–water partition coefficient (Wildman–Crippen LogP) is 2.63. The van der Waals surface area contributed by atoms with Gasteiger partial charge in [0.15, 0.2) is 6.29 Å². The van der Waals surface area contributed by atoms with Crippen LogP contribution in [0.2, 0.25) is 0 Å². The van der Waals surface area contributed by atoms with Crippen LogP contribution in [0.5, 0.6) is 0 Å². The average molecular weight is 423 g/mol. The van der Waals surface area contributed by atoms with Gasteiger partial charge in [0, 0.05) is 5.33 Å².